The van der Waals surface area contributed by atoms with Crippen LogP contribution in [0.3, 0.4) is 0 Å². The molecular formula is C8H11N3O3. The Hall–Kier alpha value is -1.40. The number of aromatic amines is 1. The monoisotopic (exact) mass is 197 g/mol. The molecule has 1 fully saturated rings. The zero-order valence-electron chi connectivity index (χ0n) is 7.49. The van der Waals surface area contributed by atoms with Gasteiger partial charge in [0.15, 0.2) is 0 Å². The SMILES string of the molecule is O=C(O)c1cnc(C2CNCCO2)[nH]1. The fraction of sp³-hybridized carbons (Fsp3) is 0.500. The third kappa shape index (κ3) is 1.75. The second-order valence-corrected chi connectivity index (χ2v) is 3.05. The molecule has 1 aromatic heterocycles. The molecule has 1 unspecified atom stereocenters. The van der Waals surface area contributed by atoms with Gasteiger partial charge in [-0.3, -0.25) is 0 Å². The van der Waals surface area contributed by atoms with Crippen LogP contribution in [0.1, 0.15) is 22.4 Å². The molecule has 1 aliphatic heterocycles. The lowest BCUT2D eigenvalue weighted by atomic mass is 10.3. The molecule has 6 heteroatoms. The number of aromatic carboxylic acids is 1. The summed E-state index contributed by atoms with van der Waals surface area (Å²) in [5.74, 6) is -0.442. The zero-order valence-corrected chi connectivity index (χ0v) is 7.49. The second kappa shape index (κ2) is 3.77. The minimum absolute atomic E-state index is 0.0918. The molecule has 0 saturated carbocycles. The zero-order chi connectivity index (χ0) is 9.97. The van der Waals surface area contributed by atoms with Crippen molar-refractivity contribution in [1.82, 2.24) is 15.3 Å². The molecule has 1 saturated heterocycles. The normalized spacial score (nSPS) is 22.1. The van der Waals surface area contributed by atoms with Crippen molar-refractivity contribution in [2.75, 3.05) is 19.7 Å². The number of hydrogen-bond donors (Lipinski definition) is 3. The number of H-pyrrole nitrogens is 1. The number of nitrogens with zero attached hydrogens (tertiary/aromatic N) is 1. The van der Waals surface area contributed by atoms with E-state index < -0.39 is 5.97 Å². The molecule has 2 heterocycles. The highest BCUT2D eigenvalue weighted by molar-refractivity contribution is 5.85. The maximum Gasteiger partial charge on any atom is 0.353 e. The molecule has 0 bridgehead atoms. The maximum absolute atomic E-state index is 10.6. The summed E-state index contributed by atoms with van der Waals surface area (Å²) in [5, 5.41) is 11.8. The van der Waals surface area contributed by atoms with Crippen molar-refractivity contribution in [2.45, 2.75) is 6.10 Å². The molecule has 0 amide bonds. The summed E-state index contributed by atoms with van der Waals surface area (Å²) in [6.07, 6.45) is 1.13. The van der Waals surface area contributed by atoms with E-state index in [2.05, 4.69) is 15.3 Å². The summed E-state index contributed by atoms with van der Waals surface area (Å²) in [6.45, 7) is 2.10. The quantitative estimate of drug-likeness (QED) is 0.609. The average molecular weight is 197 g/mol. The molecule has 0 radical (unpaired) electrons. The van der Waals surface area contributed by atoms with Crippen molar-refractivity contribution in [3.63, 3.8) is 0 Å². The van der Waals surface area contributed by atoms with Gasteiger partial charge in [-0.15, -0.1) is 0 Å². The first-order chi connectivity index (χ1) is 6.77. The van der Waals surface area contributed by atoms with E-state index in [-0.39, 0.29) is 11.8 Å². The highest BCUT2D eigenvalue weighted by Gasteiger charge is 2.19. The van der Waals surface area contributed by atoms with Crippen molar-refractivity contribution in [2.24, 2.45) is 0 Å². The third-order valence-electron chi connectivity index (χ3n) is 2.06. The van der Waals surface area contributed by atoms with E-state index in [0.717, 1.165) is 6.54 Å². The van der Waals surface area contributed by atoms with Crippen LogP contribution in [0.5, 0.6) is 0 Å². The highest BCUT2D eigenvalue weighted by atomic mass is 16.5. The van der Waals surface area contributed by atoms with Gasteiger partial charge in [0.2, 0.25) is 0 Å². The Labute approximate surface area is 80.3 Å². The Bertz CT molecular complexity index is 330. The minimum atomic E-state index is -1.01. The molecule has 6 nitrogen and oxygen atoms in total. The number of carboxylic acids is 1. The van der Waals surface area contributed by atoms with Crippen LogP contribution < -0.4 is 5.32 Å². The molecule has 2 rings (SSSR count). The minimum Gasteiger partial charge on any atom is -0.477 e. The molecule has 1 atom stereocenters. The number of rotatable bonds is 2. The molecule has 0 aliphatic carbocycles. The van der Waals surface area contributed by atoms with Crippen LogP contribution in [0.25, 0.3) is 0 Å². The lowest BCUT2D eigenvalue weighted by molar-refractivity contribution is 0.0225. The number of nitrogens with one attached hydrogen (secondary N) is 2. The van der Waals surface area contributed by atoms with Gasteiger partial charge in [0, 0.05) is 13.1 Å². The largest absolute Gasteiger partial charge is 0.477 e. The van der Waals surface area contributed by atoms with E-state index in [1.807, 2.05) is 0 Å². The van der Waals surface area contributed by atoms with Crippen molar-refractivity contribution in [3.8, 4) is 0 Å². The Morgan fingerprint density at radius 3 is 3.14 bits per heavy atom. The van der Waals surface area contributed by atoms with Crippen LogP contribution in [0.15, 0.2) is 6.20 Å². The summed E-state index contributed by atoms with van der Waals surface area (Å²) in [7, 11) is 0. The van der Waals surface area contributed by atoms with Crippen molar-refractivity contribution < 1.29 is 14.6 Å². The van der Waals surface area contributed by atoms with Gasteiger partial charge in [-0.1, -0.05) is 0 Å². The van der Waals surface area contributed by atoms with Crippen LogP contribution in [-0.2, 0) is 4.74 Å². The van der Waals surface area contributed by atoms with E-state index in [0.29, 0.717) is 19.0 Å². The molecule has 76 valence electrons. The standard InChI is InChI=1S/C8H11N3O3/c12-8(13)5-3-10-7(11-5)6-4-9-1-2-14-6/h3,6,9H,1-2,4H2,(H,10,11)(H,12,13). The van der Waals surface area contributed by atoms with E-state index in [1.54, 1.807) is 0 Å². The molecule has 0 spiro atoms. The maximum atomic E-state index is 10.6. The molecular weight excluding hydrogens is 186 g/mol. The Morgan fingerprint density at radius 2 is 2.57 bits per heavy atom. The number of carboxylic acid groups (broad SMARTS) is 1. The summed E-state index contributed by atoms with van der Waals surface area (Å²) in [4.78, 5) is 17.2. The van der Waals surface area contributed by atoms with Crippen LogP contribution in [-0.4, -0.2) is 40.7 Å². The van der Waals surface area contributed by atoms with Gasteiger partial charge in [-0.2, -0.15) is 0 Å². The van der Waals surface area contributed by atoms with Crippen molar-refractivity contribution >= 4 is 5.97 Å². The molecule has 3 N–H and O–H groups in total. The summed E-state index contributed by atoms with van der Waals surface area (Å²) in [6, 6.07) is 0. The van der Waals surface area contributed by atoms with Crippen LogP contribution in [0, 0.1) is 0 Å². The van der Waals surface area contributed by atoms with E-state index in [4.69, 9.17) is 9.84 Å². The van der Waals surface area contributed by atoms with Gasteiger partial charge >= 0.3 is 5.97 Å². The summed E-state index contributed by atoms with van der Waals surface area (Å²) in [5.41, 5.74) is 0.0918. The third-order valence-corrected chi connectivity index (χ3v) is 2.06. The van der Waals surface area contributed by atoms with Crippen molar-refractivity contribution in [3.05, 3.63) is 17.7 Å². The number of imidazole rings is 1. The van der Waals surface area contributed by atoms with Gasteiger partial charge < -0.3 is 20.1 Å². The number of carbonyl (C=O) groups is 1. The van der Waals surface area contributed by atoms with Gasteiger partial charge in [0.05, 0.1) is 12.8 Å². The molecule has 1 aliphatic rings. The van der Waals surface area contributed by atoms with Crippen LogP contribution in [0.2, 0.25) is 0 Å². The highest BCUT2D eigenvalue weighted by Crippen LogP contribution is 2.14. The average Bonchev–Trinajstić information content (AvgIpc) is 2.68. The lowest BCUT2D eigenvalue weighted by Crippen LogP contribution is -2.33. The summed E-state index contributed by atoms with van der Waals surface area (Å²) < 4.78 is 5.41. The number of morpholine rings is 1. The van der Waals surface area contributed by atoms with E-state index in [1.165, 1.54) is 6.20 Å². The number of aromatic nitrogens is 2. The molecule has 1 aromatic rings. The first-order valence-electron chi connectivity index (χ1n) is 4.38. The first kappa shape index (κ1) is 9.17. The van der Waals surface area contributed by atoms with Gasteiger partial charge in [-0.05, 0) is 0 Å². The number of ether oxygens (including phenoxy) is 1. The van der Waals surface area contributed by atoms with Crippen LogP contribution in [0.4, 0.5) is 0 Å². The summed E-state index contributed by atoms with van der Waals surface area (Å²) >= 11 is 0. The lowest BCUT2D eigenvalue weighted by Gasteiger charge is -2.21. The first-order valence-corrected chi connectivity index (χ1v) is 4.38. The molecule has 14 heavy (non-hydrogen) atoms. The topological polar surface area (TPSA) is 87.2 Å². The number of hydrogen-bond acceptors (Lipinski definition) is 4. The van der Waals surface area contributed by atoms with E-state index >= 15 is 0 Å². The van der Waals surface area contributed by atoms with Gasteiger partial charge in [-0.25, -0.2) is 9.78 Å². The predicted molar refractivity (Wildman–Crippen MR) is 47.1 cm³/mol. The van der Waals surface area contributed by atoms with Crippen LogP contribution >= 0.6 is 0 Å². The predicted octanol–water partition coefficient (Wildman–Crippen LogP) is -0.231. The fourth-order valence-corrected chi connectivity index (χ4v) is 1.35. The smallest absolute Gasteiger partial charge is 0.353 e. The second-order valence-electron chi connectivity index (χ2n) is 3.05. The van der Waals surface area contributed by atoms with Gasteiger partial charge in [0.25, 0.3) is 0 Å². The fourth-order valence-electron chi connectivity index (χ4n) is 1.35. The molecule has 0 aromatic carbocycles. The van der Waals surface area contributed by atoms with E-state index in [9.17, 15) is 4.79 Å². The Morgan fingerprint density at radius 1 is 1.71 bits per heavy atom. The Kier molecular flexibility index (Phi) is 2.47. The Balaban J connectivity index is 2.11. The van der Waals surface area contributed by atoms with Crippen molar-refractivity contribution in [1.29, 1.82) is 0 Å². The van der Waals surface area contributed by atoms with Gasteiger partial charge in [0.1, 0.15) is 17.6 Å².